The monoisotopic (exact) mass is 302 g/mol. The predicted molar refractivity (Wildman–Crippen MR) is 77.6 cm³/mol. The van der Waals surface area contributed by atoms with Crippen molar-refractivity contribution in [1.29, 1.82) is 0 Å². The van der Waals surface area contributed by atoms with Crippen LogP contribution in [-0.2, 0) is 14.6 Å². The topological polar surface area (TPSA) is 89.3 Å². The summed E-state index contributed by atoms with van der Waals surface area (Å²) >= 11 is 0. The van der Waals surface area contributed by atoms with E-state index in [9.17, 15) is 17.6 Å². The third kappa shape index (κ3) is 4.19. The number of amides is 1. The summed E-state index contributed by atoms with van der Waals surface area (Å²) in [4.78, 5) is 11.9. The van der Waals surface area contributed by atoms with Crippen LogP contribution in [-0.4, -0.2) is 25.3 Å². The Kier molecular flexibility index (Phi) is 5.50. The van der Waals surface area contributed by atoms with Crippen molar-refractivity contribution in [3.8, 4) is 0 Å². The molecule has 1 aromatic carbocycles. The number of hydrogen-bond acceptors (Lipinski definition) is 4. The van der Waals surface area contributed by atoms with Gasteiger partial charge in [-0.25, -0.2) is 12.8 Å². The standard InChI is InChI=1S/C13H19FN2O3S/c1-3-4-7-20(18,19)9(2)13(17)16-12-6-5-10(14)8-11(12)15/h5-6,8-9H,3-4,7,15H2,1-2H3,(H,16,17). The van der Waals surface area contributed by atoms with E-state index in [0.29, 0.717) is 6.42 Å². The van der Waals surface area contributed by atoms with Crippen LogP contribution in [0.15, 0.2) is 18.2 Å². The average molecular weight is 302 g/mol. The molecule has 0 heterocycles. The molecule has 1 atom stereocenters. The Bertz CT molecular complexity index is 587. The number of halogens is 1. The second kappa shape index (κ2) is 6.69. The number of hydrogen-bond donors (Lipinski definition) is 2. The van der Waals surface area contributed by atoms with Crippen LogP contribution in [0.4, 0.5) is 15.8 Å². The number of carbonyl (C=O) groups is 1. The van der Waals surface area contributed by atoms with Crippen LogP contribution in [0.1, 0.15) is 26.7 Å². The van der Waals surface area contributed by atoms with Gasteiger partial charge in [-0.2, -0.15) is 0 Å². The van der Waals surface area contributed by atoms with Gasteiger partial charge in [0.05, 0.1) is 17.1 Å². The van der Waals surface area contributed by atoms with Crippen LogP contribution < -0.4 is 11.1 Å². The molecule has 7 heteroatoms. The Morgan fingerprint density at radius 1 is 1.45 bits per heavy atom. The Hall–Kier alpha value is -1.63. The fourth-order valence-electron chi connectivity index (χ4n) is 1.57. The zero-order valence-electron chi connectivity index (χ0n) is 11.5. The van der Waals surface area contributed by atoms with E-state index < -0.39 is 26.8 Å². The van der Waals surface area contributed by atoms with Crippen LogP contribution >= 0.6 is 0 Å². The van der Waals surface area contributed by atoms with E-state index in [-0.39, 0.29) is 17.1 Å². The first-order valence-electron chi connectivity index (χ1n) is 6.35. The highest BCUT2D eigenvalue weighted by atomic mass is 32.2. The van der Waals surface area contributed by atoms with Crippen molar-refractivity contribution < 1.29 is 17.6 Å². The largest absolute Gasteiger partial charge is 0.397 e. The number of rotatable bonds is 6. The summed E-state index contributed by atoms with van der Waals surface area (Å²) in [7, 11) is -3.49. The first-order chi connectivity index (χ1) is 9.27. The Morgan fingerprint density at radius 2 is 2.10 bits per heavy atom. The normalized spacial score (nSPS) is 12.9. The molecule has 1 amide bonds. The van der Waals surface area contributed by atoms with Crippen LogP contribution in [0, 0.1) is 5.82 Å². The average Bonchev–Trinajstić information content (AvgIpc) is 2.38. The smallest absolute Gasteiger partial charge is 0.242 e. The van der Waals surface area contributed by atoms with Crippen LogP contribution in [0.2, 0.25) is 0 Å². The summed E-state index contributed by atoms with van der Waals surface area (Å²) in [5, 5.41) is 1.24. The minimum Gasteiger partial charge on any atom is -0.397 e. The third-order valence-corrected chi connectivity index (χ3v) is 5.11. The van der Waals surface area contributed by atoms with Crippen molar-refractivity contribution in [1.82, 2.24) is 0 Å². The molecule has 1 unspecified atom stereocenters. The lowest BCUT2D eigenvalue weighted by atomic mass is 10.2. The van der Waals surface area contributed by atoms with E-state index in [2.05, 4.69) is 5.32 Å². The van der Waals surface area contributed by atoms with Gasteiger partial charge in [0.2, 0.25) is 5.91 Å². The van der Waals surface area contributed by atoms with Crippen LogP contribution in [0.5, 0.6) is 0 Å². The molecule has 1 rings (SSSR count). The lowest BCUT2D eigenvalue weighted by Crippen LogP contribution is -2.34. The maximum absolute atomic E-state index is 12.9. The van der Waals surface area contributed by atoms with Crippen molar-refractivity contribution in [2.24, 2.45) is 0 Å². The molecule has 0 saturated carbocycles. The minimum atomic E-state index is -3.49. The second-order valence-corrected chi connectivity index (χ2v) is 7.02. The number of sulfone groups is 1. The van der Waals surface area contributed by atoms with Gasteiger partial charge in [-0.05, 0) is 31.5 Å². The molecule has 0 aromatic heterocycles. The van der Waals surface area contributed by atoms with Gasteiger partial charge >= 0.3 is 0 Å². The molecule has 3 N–H and O–H groups in total. The van der Waals surface area contributed by atoms with Gasteiger partial charge in [-0.15, -0.1) is 0 Å². The zero-order valence-corrected chi connectivity index (χ0v) is 12.3. The molecule has 5 nitrogen and oxygen atoms in total. The van der Waals surface area contributed by atoms with Gasteiger partial charge in [0, 0.05) is 0 Å². The molecule has 0 saturated heterocycles. The van der Waals surface area contributed by atoms with Crippen LogP contribution in [0.3, 0.4) is 0 Å². The highest BCUT2D eigenvalue weighted by molar-refractivity contribution is 7.92. The SMILES string of the molecule is CCCCS(=O)(=O)C(C)C(=O)Nc1ccc(F)cc1N. The van der Waals surface area contributed by atoms with Gasteiger partial charge in [0.15, 0.2) is 9.84 Å². The molecule has 0 aliphatic rings. The lowest BCUT2D eigenvalue weighted by Gasteiger charge is -2.14. The first kappa shape index (κ1) is 16.4. The van der Waals surface area contributed by atoms with Gasteiger partial charge in [-0.1, -0.05) is 13.3 Å². The van der Waals surface area contributed by atoms with Gasteiger partial charge in [-0.3, -0.25) is 4.79 Å². The van der Waals surface area contributed by atoms with Crippen molar-refractivity contribution in [2.75, 3.05) is 16.8 Å². The Labute approximate surface area is 118 Å². The number of carbonyl (C=O) groups excluding carboxylic acids is 1. The fraction of sp³-hybridized carbons (Fsp3) is 0.462. The molecular formula is C13H19FN2O3S. The summed E-state index contributed by atoms with van der Waals surface area (Å²) in [6, 6.07) is 3.50. The van der Waals surface area contributed by atoms with Crippen LogP contribution in [0.25, 0.3) is 0 Å². The molecule has 0 radical (unpaired) electrons. The fourth-order valence-corrected chi connectivity index (χ4v) is 3.00. The highest BCUT2D eigenvalue weighted by Gasteiger charge is 2.27. The number of anilines is 2. The van der Waals surface area contributed by atoms with Gasteiger partial charge in [0.25, 0.3) is 0 Å². The number of nitrogens with two attached hydrogens (primary N) is 1. The summed E-state index contributed by atoms with van der Waals surface area (Å²) in [5.41, 5.74) is 5.81. The van der Waals surface area contributed by atoms with E-state index in [0.717, 1.165) is 18.6 Å². The van der Waals surface area contributed by atoms with E-state index in [1.165, 1.54) is 13.0 Å². The number of nitrogen functional groups attached to an aromatic ring is 1. The maximum Gasteiger partial charge on any atom is 0.242 e. The van der Waals surface area contributed by atoms with E-state index in [4.69, 9.17) is 5.73 Å². The molecule has 0 aliphatic heterocycles. The highest BCUT2D eigenvalue weighted by Crippen LogP contribution is 2.20. The third-order valence-electron chi connectivity index (χ3n) is 2.96. The number of benzene rings is 1. The molecule has 0 fully saturated rings. The van der Waals surface area contributed by atoms with Crippen molar-refractivity contribution >= 4 is 27.1 Å². The molecular weight excluding hydrogens is 283 g/mol. The predicted octanol–water partition coefficient (Wildman–Crippen LogP) is 1.95. The Balaban J connectivity index is 2.80. The summed E-state index contributed by atoms with van der Waals surface area (Å²) in [6.07, 6.45) is 1.25. The first-order valence-corrected chi connectivity index (χ1v) is 8.07. The summed E-state index contributed by atoms with van der Waals surface area (Å²) < 4.78 is 36.7. The number of nitrogens with one attached hydrogen (secondary N) is 1. The molecule has 1 aromatic rings. The molecule has 20 heavy (non-hydrogen) atoms. The van der Waals surface area contributed by atoms with Crippen molar-refractivity contribution in [2.45, 2.75) is 31.9 Å². The Morgan fingerprint density at radius 3 is 2.65 bits per heavy atom. The van der Waals surface area contributed by atoms with Crippen molar-refractivity contribution in [3.05, 3.63) is 24.0 Å². The molecule has 0 spiro atoms. The molecule has 0 bridgehead atoms. The summed E-state index contributed by atoms with van der Waals surface area (Å²) in [5.74, 6) is -1.22. The second-order valence-electron chi connectivity index (χ2n) is 4.58. The van der Waals surface area contributed by atoms with Crippen molar-refractivity contribution in [3.63, 3.8) is 0 Å². The van der Waals surface area contributed by atoms with E-state index in [1.54, 1.807) is 0 Å². The molecule has 0 aliphatic carbocycles. The quantitative estimate of drug-likeness (QED) is 0.786. The van der Waals surface area contributed by atoms with Gasteiger partial charge in [0.1, 0.15) is 11.1 Å². The zero-order chi connectivity index (χ0) is 15.3. The lowest BCUT2D eigenvalue weighted by molar-refractivity contribution is -0.115. The molecule has 112 valence electrons. The summed E-state index contributed by atoms with van der Waals surface area (Å²) in [6.45, 7) is 3.21. The minimum absolute atomic E-state index is 0.0308. The maximum atomic E-state index is 12.9. The van der Waals surface area contributed by atoms with Gasteiger partial charge < -0.3 is 11.1 Å². The van der Waals surface area contributed by atoms with E-state index >= 15 is 0 Å². The van der Waals surface area contributed by atoms with E-state index in [1.807, 2.05) is 6.92 Å². The number of unbranched alkanes of at least 4 members (excludes halogenated alkanes) is 1.